The van der Waals surface area contributed by atoms with Gasteiger partial charge in [-0.3, -0.25) is 0 Å². The molecule has 0 N–H and O–H groups in total. The van der Waals surface area contributed by atoms with Crippen LogP contribution in [0.4, 0.5) is 3.89 Å². The lowest BCUT2D eigenvalue weighted by atomic mass is 18.9. The van der Waals surface area contributed by atoms with Gasteiger partial charge in [0.15, 0.2) is 0 Å². The summed E-state index contributed by atoms with van der Waals surface area (Å²) in [6.07, 6.45) is 0. The van der Waals surface area contributed by atoms with Crippen molar-refractivity contribution in [2.45, 2.75) is 0 Å². The summed E-state index contributed by atoms with van der Waals surface area (Å²) in [5, 5.41) is -1.27. The highest BCUT2D eigenvalue weighted by Crippen LogP contribution is 3.22. The Labute approximate surface area is 112 Å². The lowest BCUT2D eigenvalue weighted by Gasteiger charge is -2.03. The van der Waals surface area contributed by atoms with Crippen LogP contribution in [0.2, 0.25) is 0 Å². The third kappa shape index (κ3) is 2.98. The van der Waals surface area contributed by atoms with E-state index in [-0.39, 0.29) is 16.7 Å². The predicted octanol–water partition coefficient (Wildman–Crippen LogP) is 6.46. The monoisotopic (exact) mass is 402 g/mol. The molecule has 0 nitrogen and oxygen atoms in total. The van der Waals surface area contributed by atoms with Gasteiger partial charge in [0.2, 0.25) is 0 Å². The van der Waals surface area contributed by atoms with Crippen molar-refractivity contribution in [2.75, 3.05) is 0 Å². The van der Waals surface area contributed by atoms with Crippen molar-refractivity contribution >= 4 is 110 Å². The smallest absolute Gasteiger partial charge is 0.129 e. The molecule has 0 bridgehead atoms. The topological polar surface area (TPSA) is 0 Å². The molecule has 0 radical (unpaired) electrons. The molecule has 0 aromatic carbocycles. The molecule has 2 aliphatic rings. The van der Waals surface area contributed by atoms with Crippen LogP contribution in [-0.4, -0.2) is 0 Å². The molecule has 2 unspecified atom stereocenters. The second-order valence-electron chi connectivity index (χ2n) is 1.54. The molecule has 2 aliphatic heterocycles. The minimum absolute atomic E-state index is 0.215. The minimum atomic E-state index is -1.27. The maximum absolute atomic E-state index is 11.7. The summed E-state index contributed by atoms with van der Waals surface area (Å²) in [5.41, 5.74) is 0.215. The zero-order valence-electron chi connectivity index (χ0n) is 5.32. The Morgan fingerprint density at radius 1 is 1.31 bits per heavy atom. The van der Waals surface area contributed by atoms with Crippen molar-refractivity contribution in [2.24, 2.45) is 0 Å². The Bertz CT molecular complexity index is 413. The van der Waals surface area contributed by atoms with Gasteiger partial charge >= 0.3 is 0 Å². The van der Waals surface area contributed by atoms with E-state index in [1.165, 1.54) is 9.83 Å². The van der Waals surface area contributed by atoms with E-state index in [0.29, 0.717) is 0 Å². The van der Waals surface area contributed by atoms with Crippen LogP contribution >= 0.6 is 82.2 Å². The van der Waals surface area contributed by atoms with Crippen molar-refractivity contribution in [1.82, 2.24) is 0 Å². The number of hydrogen-bond donors (Lipinski definition) is 0. The van der Waals surface area contributed by atoms with Crippen molar-refractivity contribution in [3.05, 3.63) is 0 Å². The van der Waals surface area contributed by atoms with Gasteiger partial charge in [-0.05, 0) is 38.8 Å². The van der Waals surface area contributed by atoms with Crippen molar-refractivity contribution in [1.29, 1.82) is 0 Å². The number of halogens is 1. The average molecular weight is 403 g/mol. The van der Waals surface area contributed by atoms with Crippen molar-refractivity contribution in [3.63, 3.8) is 0 Å². The highest BCUT2D eigenvalue weighted by atomic mass is 34.4. The van der Waals surface area contributed by atoms with Gasteiger partial charge in [0, 0.05) is 44.5 Å². The Balaban J connectivity index is 1.80. The average Bonchev–Trinajstić information content (AvgIpc) is 2.83. The summed E-state index contributed by atoms with van der Waals surface area (Å²) in [6, 6.07) is -0.543. The molecule has 0 aromatic heterocycles. The Hall–Kier alpha value is 3.82. The van der Waals surface area contributed by atoms with Crippen molar-refractivity contribution < 1.29 is 3.89 Å². The molecule has 2 atom stereocenters. The van der Waals surface area contributed by atoms with Gasteiger partial charge in [-0.25, -0.2) is 0 Å². The van der Waals surface area contributed by atoms with Crippen LogP contribution in [0.15, 0.2) is 0 Å². The summed E-state index contributed by atoms with van der Waals surface area (Å²) in [6.45, 7) is 0. The lowest BCUT2D eigenvalue weighted by Crippen LogP contribution is -1.71. The predicted molar refractivity (Wildman–Crippen MR) is 90.9 cm³/mol. The summed E-state index contributed by atoms with van der Waals surface area (Å²) in [5.74, 6) is 0. The molecule has 0 spiro atoms. The van der Waals surface area contributed by atoms with Crippen LogP contribution in [0.1, 0.15) is 0 Å². The maximum atomic E-state index is 11.7. The van der Waals surface area contributed by atoms with Crippen LogP contribution in [0.5, 0.6) is 0 Å². The highest BCUT2D eigenvalue weighted by Gasteiger charge is 2.59. The Morgan fingerprint density at radius 3 is 2.38 bits per heavy atom. The lowest BCUT2D eigenvalue weighted by molar-refractivity contribution is 0.954. The first-order valence-corrected chi connectivity index (χ1v) is 20.4. The number of rotatable bonds is 5. The van der Waals surface area contributed by atoms with Gasteiger partial charge in [-0.2, -0.15) is 3.89 Å². The van der Waals surface area contributed by atoms with E-state index in [9.17, 15) is 3.89 Å². The molecule has 78 valence electrons. The molecule has 1 fully saturated rings. The molecule has 2 heterocycles. The van der Waals surface area contributed by atoms with E-state index >= 15 is 0 Å². The van der Waals surface area contributed by atoms with E-state index in [2.05, 4.69) is 0 Å². The molecular formula is FPS11. The first kappa shape index (κ1) is 13.3. The second-order valence-corrected chi connectivity index (χ2v) is 40.5. The second kappa shape index (κ2) is 5.21. The molecule has 13 heavy (non-hydrogen) atoms. The number of hydrogen-bond acceptors (Lipinski definition) is 8. The van der Waals surface area contributed by atoms with E-state index in [4.69, 9.17) is 22.4 Å². The quantitative estimate of drug-likeness (QED) is 0.219. The van der Waals surface area contributed by atoms with Gasteiger partial charge in [0.05, 0.1) is 0 Å². The van der Waals surface area contributed by atoms with Crippen molar-refractivity contribution in [3.8, 4) is 0 Å². The largest absolute Gasteiger partial charge is 0.152 e. The third-order valence-electron chi connectivity index (χ3n) is 0.904. The SMILES string of the molecule is FSSSSSS(=S)(=S)S12#SP1S2. The highest BCUT2D eigenvalue weighted by molar-refractivity contribution is 9.98. The Morgan fingerprint density at radius 2 is 1.92 bits per heavy atom. The van der Waals surface area contributed by atoms with Crippen LogP contribution < -0.4 is 0 Å². The number of fused-ring (bicyclic) bond motifs is 1. The van der Waals surface area contributed by atoms with E-state index < -0.39 is 11.3 Å². The van der Waals surface area contributed by atoms with Crippen LogP contribution in [-0.2, 0) is 27.6 Å². The normalized spacial score (nSPS) is 35.0. The van der Waals surface area contributed by atoms with Crippen LogP contribution in [0.25, 0.3) is 0 Å². The third-order valence-corrected chi connectivity index (χ3v) is 63.8. The van der Waals surface area contributed by atoms with Gasteiger partial charge in [0.1, 0.15) is 16.7 Å². The van der Waals surface area contributed by atoms with Gasteiger partial charge in [-0.1, -0.05) is 9.72 Å². The first-order valence-electron chi connectivity index (χ1n) is 2.37. The maximum Gasteiger partial charge on any atom is 0.129 e. The standard InChI is InChI=1S/FPS11/c1-5-8-9-10-11-13(3,4)12-2(6-12)7-12. The molecule has 0 amide bonds. The zero-order chi connectivity index (χ0) is 9.53. The van der Waals surface area contributed by atoms with Gasteiger partial charge in [-0.15, -0.1) is 0 Å². The van der Waals surface area contributed by atoms with Gasteiger partial charge < -0.3 is 0 Å². The van der Waals surface area contributed by atoms with Crippen LogP contribution in [0, 0.1) is 0 Å². The fourth-order valence-corrected chi connectivity index (χ4v) is 86.6. The Kier molecular flexibility index (Phi) is 5.31. The molecular weight excluding hydrogens is 403 g/mol. The van der Waals surface area contributed by atoms with Gasteiger partial charge in [0.25, 0.3) is 0 Å². The summed E-state index contributed by atoms with van der Waals surface area (Å²) < 4.78 is 11.7. The molecule has 1 saturated heterocycles. The summed E-state index contributed by atoms with van der Waals surface area (Å²) in [4.78, 5) is 0. The first-order chi connectivity index (χ1) is 6.12. The molecule has 0 aliphatic carbocycles. The molecule has 0 aromatic rings. The molecule has 2 rings (SSSR count). The summed E-state index contributed by atoms with van der Waals surface area (Å²) in [7, 11) is 9.82. The van der Waals surface area contributed by atoms with Crippen LogP contribution in [0.3, 0.4) is 0 Å². The molecule has 0 saturated carbocycles. The fourth-order valence-electron chi connectivity index (χ4n) is 0.384. The van der Waals surface area contributed by atoms with E-state index in [0.717, 1.165) is 9.83 Å². The summed E-state index contributed by atoms with van der Waals surface area (Å²) >= 11 is 11.2. The molecule has 13 heteroatoms. The minimum Gasteiger partial charge on any atom is -0.152 e. The van der Waals surface area contributed by atoms with E-state index in [1.807, 2.05) is 20.1 Å². The van der Waals surface area contributed by atoms with E-state index in [1.54, 1.807) is 19.7 Å². The fraction of sp³-hybridized carbons (Fsp3) is 0. The zero-order valence-corrected chi connectivity index (χ0v) is 15.2.